The van der Waals surface area contributed by atoms with Crippen LogP contribution in [0.5, 0.6) is 0 Å². The molecule has 0 atom stereocenters. The molecule has 122 valence electrons. The van der Waals surface area contributed by atoms with Crippen LogP contribution in [0.25, 0.3) is 11.6 Å². The van der Waals surface area contributed by atoms with Gasteiger partial charge in [0.2, 0.25) is 0 Å². The molecule has 0 aliphatic heterocycles. The van der Waals surface area contributed by atoms with Gasteiger partial charge in [0, 0.05) is 30.4 Å². The molecule has 1 amide bonds. The summed E-state index contributed by atoms with van der Waals surface area (Å²) in [6, 6.07) is 5.83. The summed E-state index contributed by atoms with van der Waals surface area (Å²) >= 11 is 0. The minimum Gasteiger partial charge on any atom is -0.401 e. The van der Waals surface area contributed by atoms with Crippen molar-refractivity contribution in [1.29, 1.82) is 0 Å². The van der Waals surface area contributed by atoms with Gasteiger partial charge in [-0.1, -0.05) is 11.2 Å². The molecule has 1 aromatic carbocycles. The predicted octanol–water partition coefficient (Wildman–Crippen LogP) is 1.94. The molecule has 2 aromatic heterocycles. The lowest BCUT2D eigenvalue weighted by atomic mass is 10.1. The third kappa shape index (κ3) is 2.72. The van der Waals surface area contributed by atoms with Crippen LogP contribution in [0.15, 0.2) is 34.9 Å². The summed E-state index contributed by atoms with van der Waals surface area (Å²) in [5.41, 5.74) is 0.870. The maximum absolute atomic E-state index is 12.3. The molecular weight excluding hydrogens is 316 g/mol. The molecule has 0 aliphatic rings. The van der Waals surface area contributed by atoms with E-state index in [0.717, 1.165) is 0 Å². The molecule has 0 saturated carbocycles. The molecule has 1 N–H and O–H groups in total. The van der Waals surface area contributed by atoms with Crippen LogP contribution in [0.3, 0.4) is 0 Å². The highest BCUT2D eigenvalue weighted by molar-refractivity contribution is 6.04. The molecule has 0 aliphatic carbocycles. The summed E-state index contributed by atoms with van der Waals surface area (Å²) in [6.45, 7) is 1.50. The van der Waals surface area contributed by atoms with Gasteiger partial charge in [-0.25, -0.2) is 0 Å². The molecule has 3 rings (SSSR count). The maximum Gasteiger partial charge on any atom is 0.322 e. The topological polar surface area (TPSA) is 129 Å². The molecule has 3 aromatic rings. The number of carbonyl (C=O) groups excluding carboxylic acids is 1. The summed E-state index contributed by atoms with van der Waals surface area (Å²) in [5.74, 6) is -0.377. The van der Waals surface area contributed by atoms with Crippen molar-refractivity contribution in [2.75, 3.05) is 5.32 Å². The third-order valence-electron chi connectivity index (χ3n) is 3.43. The fourth-order valence-electron chi connectivity index (χ4n) is 2.19. The van der Waals surface area contributed by atoms with E-state index in [4.69, 9.17) is 4.42 Å². The maximum atomic E-state index is 12.3. The van der Waals surface area contributed by atoms with Crippen LogP contribution in [-0.2, 0) is 7.05 Å². The van der Waals surface area contributed by atoms with Gasteiger partial charge < -0.3 is 4.42 Å². The van der Waals surface area contributed by atoms with E-state index < -0.39 is 10.8 Å². The average molecular weight is 328 g/mol. The minimum atomic E-state index is -0.573. The Morgan fingerprint density at radius 1 is 1.33 bits per heavy atom. The zero-order chi connectivity index (χ0) is 17.3. The van der Waals surface area contributed by atoms with Crippen LogP contribution in [0.2, 0.25) is 0 Å². The number of nitrogens with one attached hydrogen (secondary N) is 1. The Hall–Kier alpha value is -3.56. The van der Waals surface area contributed by atoms with E-state index in [9.17, 15) is 14.9 Å². The van der Waals surface area contributed by atoms with Crippen molar-refractivity contribution in [3.8, 4) is 11.6 Å². The summed E-state index contributed by atoms with van der Waals surface area (Å²) < 4.78 is 6.92. The Bertz CT molecular complexity index is 929. The second kappa shape index (κ2) is 5.91. The zero-order valence-electron chi connectivity index (χ0n) is 12.8. The number of nitrogens with zero attached hydrogens (tertiary/aromatic N) is 5. The Balaban J connectivity index is 1.84. The van der Waals surface area contributed by atoms with Gasteiger partial charge >= 0.3 is 6.01 Å². The number of nitro groups is 1. The van der Waals surface area contributed by atoms with Gasteiger partial charge in [0.05, 0.1) is 4.92 Å². The highest BCUT2D eigenvalue weighted by atomic mass is 16.6. The lowest BCUT2D eigenvalue weighted by Gasteiger charge is -2.04. The fraction of sp³-hybridized carbons (Fsp3) is 0.143. The lowest BCUT2D eigenvalue weighted by molar-refractivity contribution is -0.385. The van der Waals surface area contributed by atoms with Crippen molar-refractivity contribution >= 4 is 17.6 Å². The molecule has 0 spiro atoms. The number of anilines is 1. The normalized spacial score (nSPS) is 10.6. The smallest absolute Gasteiger partial charge is 0.322 e. The number of carbonyl (C=O) groups is 1. The molecule has 24 heavy (non-hydrogen) atoms. The Labute approximate surface area is 135 Å². The number of aryl methyl sites for hydroxylation is 1. The molecule has 10 heteroatoms. The standard InChI is InChI=1S/C14H12N6O4/c1-8-9(4-3-5-10(8)20(22)23)12(21)16-14-18-17-13(24-14)11-6-7-15-19(11)2/h3-7H,1-2H3,(H,16,18,21). The quantitative estimate of drug-likeness (QED) is 0.572. The third-order valence-corrected chi connectivity index (χ3v) is 3.43. The van der Waals surface area contributed by atoms with Crippen molar-refractivity contribution in [2.24, 2.45) is 7.05 Å². The molecule has 0 fully saturated rings. The summed E-state index contributed by atoms with van der Waals surface area (Å²) in [5, 5.41) is 24.9. The highest BCUT2D eigenvalue weighted by Gasteiger charge is 2.20. The number of benzene rings is 1. The van der Waals surface area contributed by atoms with E-state index in [2.05, 4.69) is 20.6 Å². The van der Waals surface area contributed by atoms with Gasteiger partial charge in [0.15, 0.2) is 0 Å². The van der Waals surface area contributed by atoms with Crippen molar-refractivity contribution in [2.45, 2.75) is 6.92 Å². The highest BCUT2D eigenvalue weighted by Crippen LogP contribution is 2.23. The van der Waals surface area contributed by atoms with Crippen LogP contribution in [0.4, 0.5) is 11.7 Å². The van der Waals surface area contributed by atoms with E-state index >= 15 is 0 Å². The first-order valence-electron chi connectivity index (χ1n) is 6.84. The summed E-state index contributed by atoms with van der Waals surface area (Å²) in [4.78, 5) is 22.7. The van der Waals surface area contributed by atoms with Crippen LogP contribution in [0, 0.1) is 17.0 Å². The van der Waals surface area contributed by atoms with E-state index in [1.807, 2.05) is 0 Å². The van der Waals surface area contributed by atoms with E-state index in [0.29, 0.717) is 5.69 Å². The largest absolute Gasteiger partial charge is 0.401 e. The minimum absolute atomic E-state index is 0.109. The van der Waals surface area contributed by atoms with Crippen molar-refractivity contribution in [3.63, 3.8) is 0 Å². The summed E-state index contributed by atoms with van der Waals surface area (Å²) in [7, 11) is 1.71. The van der Waals surface area contributed by atoms with Crippen molar-refractivity contribution in [1.82, 2.24) is 20.0 Å². The number of rotatable bonds is 4. The monoisotopic (exact) mass is 328 g/mol. The van der Waals surface area contributed by atoms with Crippen LogP contribution < -0.4 is 5.32 Å². The van der Waals surface area contributed by atoms with E-state index in [1.165, 1.54) is 25.1 Å². The van der Waals surface area contributed by atoms with Gasteiger partial charge in [0.25, 0.3) is 17.5 Å². The van der Waals surface area contributed by atoms with Crippen LogP contribution in [-0.4, -0.2) is 30.8 Å². The number of nitro benzene ring substituents is 1. The van der Waals surface area contributed by atoms with Gasteiger partial charge in [-0.2, -0.15) is 5.10 Å². The van der Waals surface area contributed by atoms with Gasteiger partial charge in [-0.05, 0) is 19.1 Å². The van der Waals surface area contributed by atoms with Crippen molar-refractivity contribution < 1.29 is 14.1 Å². The Morgan fingerprint density at radius 3 is 2.79 bits per heavy atom. The van der Waals surface area contributed by atoms with E-state index in [1.54, 1.807) is 24.0 Å². The molecular formula is C14H12N6O4. The SMILES string of the molecule is Cc1c(C(=O)Nc2nnc(-c3ccnn3C)o2)cccc1[N+](=O)[O-]. The molecule has 10 nitrogen and oxygen atoms in total. The van der Waals surface area contributed by atoms with Crippen molar-refractivity contribution in [3.05, 3.63) is 51.7 Å². The predicted molar refractivity (Wildman–Crippen MR) is 82.3 cm³/mol. The fourth-order valence-corrected chi connectivity index (χ4v) is 2.19. The van der Waals surface area contributed by atoms with Gasteiger partial charge in [0.1, 0.15) is 5.69 Å². The van der Waals surface area contributed by atoms with E-state index in [-0.39, 0.29) is 28.7 Å². The summed E-state index contributed by atoms with van der Waals surface area (Å²) in [6.07, 6.45) is 1.57. The first-order chi connectivity index (χ1) is 11.5. The van der Waals surface area contributed by atoms with Crippen LogP contribution in [0.1, 0.15) is 15.9 Å². The lowest BCUT2D eigenvalue weighted by Crippen LogP contribution is -2.14. The number of hydrogen-bond donors (Lipinski definition) is 1. The second-order valence-electron chi connectivity index (χ2n) is 4.91. The number of amides is 1. The molecule has 0 unspecified atom stereocenters. The van der Waals surface area contributed by atoms with Crippen LogP contribution >= 0.6 is 0 Å². The van der Waals surface area contributed by atoms with Gasteiger partial charge in [-0.3, -0.25) is 24.9 Å². The Morgan fingerprint density at radius 2 is 2.12 bits per heavy atom. The first-order valence-corrected chi connectivity index (χ1v) is 6.84. The average Bonchev–Trinajstić information content (AvgIpc) is 3.15. The molecule has 0 radical (unpaired) electrons. The molecule has 2 heterocycles. The second-order valence-corrected chi connectivity index (χ2v) is 4.91. The van der Waals surface area contributed by atoms with Gasteiger partial charge in [-0.15, -0.1) is 5.10 Å². The molecule has 0 bridgehead atoms. The number of aromatic nitrogens is 4. The Kier molecular flexibility index (Phi) is 3.78. The number of hydrogen-bond acceptors (Lipinski definition) is 7. The first kappa shape index (κ1) is 15.3. The zero-order valence-corrected chi connectivity index (χ0v) is 12.8. The molecule has 0 saturated heterocycles.